The fraction of sp³-hybridized carbons (Fsp3) is 0.350. The second-order valence-electron chi connectivity index (χ2n) is 7.18. The number of aromatic nitrogens is 3. The van der Waals surface area contributed by atoms with Gasteiger partial charge in [-0.05, 0) is 34.8 Å². The quantitative estimate of drug-likeness (QED) is 0.444. The van der Waals surface area contributed by atoms with Crippen LogP contribution < -0.4 is 10.6 Å². The van der Waals surface area contributed by atoms with Crippen LogP contribution in [0.25, 0.3) is 22.2 Å². The molecule has 1 amide bonds. The van der Waals surface area contributed by atoms with Gasteiger partial charge in [-0.2, -0.15) is 13.2 Å². The molecule has 3 aromatic rings. The maximum Gasteiger partial charge on any atom is 0.419 e. The predicted octanol–water partition coefficient (Wildman–Crippen LogP) is 5.18. The summed E-state index contributed by atoms with van der Waals surface area (Å²) < 4.78 is 51.7. The molecular formula is C20H19BrF3N5O3. The van der Waals surface area contributed by atoms with Crippen molar-refractivity contribution in [3.05, 3.63) is 34.6 Å². The van der Waals surface area contributed by atoms with E-state index in [0.29, 0.717) is 34.3 Å². The molecule has 1 aliphatic rings. The normalized spacial score (nSPS) is 16.7. The molecule has 1 aliphatic heterocycles. The fourth-order valence-electron chi connectivity index (χ4n) is 3.52. The summed E-state index contributed by atoms with van der Waals surface area (Å²) in [6, 6.07) is 3.09. The lowest BCUT2D eigenvalue weighted by Gasteiger charge is -2.23. The highest BCUT2D eigenvalue weighted by Crippen LogP contribution is 2.41. The van der Waals surface area contributed by atoms with E-state index in [2.05, 4.69) is 46.3 Å². The van der Waals surface area contributed by atoms with Crippen LogP contribution in [0.3, 0.4) is 0 Å². The van der Waals surface area contributed by atoms with Gasteiger partial charge in [0.1, 0.15) is 5.56 Å². The Balaban J connectivity index is 1.77. The first-order valence-corrected chi connectivity index (χ1v) is 10.5. The number of carbonyl (C=O) groups is 1. The Hall–Kier alpha value is -2.86. The van der Waals surface area contributed by atoms with Crippen LogP contribution in [-0.4, -0.2) is 47.4 Å². The Morgan fingerprint density at radius 3 is 2.88 bits per heavy atom. The molecule has 0 saturated carbocycles. The molecular weight excluding hydrogens is 495 g/mol. The van der Waals surface area contributed by atoms with Gasteiger partial charge in [-0.1, -0.05) is 6.07 Å². The van der Waals surface area contributed by atoms with Gasteiger partial charge in [0.05, 0.1) is 41.1 Å². The molecule has 2 aromatic heterocycles. The number of aromatic amines is 1. The zero-order valence-electron chi connectivity index (χ0n) is 16.8. The molecule has 1 aromatic carbocycles. The number of alkyl halides is 3. The van der Waals surface area contributed by atoms with Crippen molar-refractivity contribution in [1.29, 1.82) is 0 Å². The Morgan fingerprint density at radius 2 is 2.19 bits per heavy atom. The predicted molar refractivity (Wildman–Crippen MR) is 116 cm³/mol. The minimum absolute atomic E-state index is 0.0718. The number of ether oxygens (including phenoxy) is 2. The van der Waals surface area contributed by atoms with Crippen molar-refractivity contribution in [2.75, 3.05) is 31.0 Å². The number of fused-ring (bicyclic) bond motifs is 1. The summed E-state index contributed by atoms with van der Waals surface area (Å²) in [4.78, 5) is 22.6. The highest BCUT2D eigenvalue weighted by Gasteiger charge is 2.36. The summed E-state index contributed by atoms with van der Waals surface area (Å²) in [5, 5.41) is 6.09. The van der Waals surface area contributed by atoms with Gasteiger partial charge in [0.15, 0.2) is 0 Å². The maximum atomic E-state index is 13.8. The lowest BCUT2D eigenvalue weighted by Crippen LogP contribution is -2.31. The monoisotopic (exact) mass is 513 g/mol. The third kappa shape index (κ3) is 4.51. The van der Waals surface area contributed by atoms with Crippen LogP contribution in [0.5, 0.6) is 0 Å². The number of rotatable bonds is 4. The maximum absolute atomic E-state index is 13.8. The van der Waals surface area contributed by atoms with Crippen LogP contribution >= 0.6 is 15.9 Å². The number of nitrogens with zero attached hydrogens (tertiary/aromatic N) is 2. The molecule has 32 heavy (non-hydrogen) atoms. The molecule has 12 heteroatoms. The van der Waals surface area contributed by atoms with Crippen LogP contribution in [0, 0.1) is 0 Å². The molecule has 1 fully saturated rings. The van der Waals surface area contributed by atoms with Crippen molar-refractivity contribution < 1.29 is 27.4 Å². The van der Waals surface area contributed by atoms with Gasteiger partial charge in [-0.25, -0.2) is 14.8 Å². The van der Waals surface area contributed by atoms with Gasteiger partial charge in [-0.15, -0.1) is 0 Å². The highest BCUT2D eigenvalue weighted by molar-refractivity contribution is 9.10. The van der Waals surface area contributed by atoms with Gasteiger partial charge < -0.3 is 19.8 Å². The first-order valence-electron chi connectivity index (χ1n) is 9.71. The SMILES string of the molecule is COC(=O)Nc1ccc2c(-c3nc(N[C@H]4CCCOC4)ncc3C(F)(F)F)c[nH]c2c1Br. The molecule has 0 bridgehead atoms. The lowest BCUT2D eigenvalue weighted by molar-refractivity contribution is -0.137. The molecule has 0 radical (unpaired) electrons. The number of hydrogen-bond acceptors (Lipinski definition) is 6. The van der Waals surface area contributed by atoms with Gasteiger partial charge in [-0.3, -0.25) is 5.32 Å². The number of benzene rings is 1. The van der Waals surface area contributed by atoms with Gasteiger partial charge >= 0.3 is 12.3 Å². The summed E-state index contributed by atoms with van der Waals surface area (Å²) >= 11 is 3.38. The van der Waals surface area contributed by atoms with E-state index >= 15 is 0 Å². The van der Waals surface area contributed by atoms with Crippen molar-refractivity contribution >= 4 is 44.6 Å². The summed E-state index contributed by atoms with van der Waals surface area (Å²) in [6.45, 7) is 1.10. The molecule has 0 spiro atoms. The Morgan fingerprint density at radius 1 is 1.38 bits per heavy atom. The van der Waals surface area contributed by atoms with E-state index < -0.39 is 17.8 Å². The molecule has 170 valence electrons. The average molecular weight is 514 g/mol. The van der Waals surface area contributed by atoms with E-state index in [1.54, 1.807) is 12.1 Å². The summed E-state index contributed by atoms with van der Waals surface area (Å²) in [7, 11) is 1.23. The second-order valence-corrected chi connectivity index (χ2v) is 7.97. The number of methoxy groups -OCH3 is 1. The topological polar surface area (TPSA) is 101 Å². The van der Waals surface area contributed by atoms with Crippen molar-refractivity contribution in [1.82, 2.24) is 15.0 Å². The molecule has 8 nitrogen and oxygen atoms in total. The van der Waals surface area contributed by atoms with Crippen molar-refractivity contribution in [3.8, 4) is 11.3 Å². The van der Waals surface area contributed by atoms with Gasteiger partial charge in [0, 0.05) is 30.0 Å². The Kier molecular flexibility index (Phi) is 6.24. The average Bonchev–Trinajstić information content (AvgIpc) is 3.20. The van der Waals surface area contributed by atoms with Gasteiger partial charge in [0.2, 0.25) is 5.95 Å². The third-order valence-electron chi connectivity index (χ3n) is 5.06. The first-order chi connectivity index (χ1) is 15.3. The van der Waals surface area contributed by atoms with Crippen LogP contribution in [0.1, 0.15) is 18.4 Å². The largest absolute Gasteiger partial charge is 0.453 e. The van der Waals surface area contributed by atoms with Crippen LogP contribution in [0.2, 0.25) is 0 Å². The van der Waals surface area contributed by atoms with Crippen LogP contribution in [0.4, 0.5) is 29.6 Å². The highest BCUT2D eigenvalue weighted by atomic mass is 79.9. The van der Waals surface area contributed by atoms with Crippen LogP contribution in [0.15, 0.2) is 29.0 Å². The van der Waals surface area contributed by atoms with E-state index in [0.717, 1.165) is 19.0 Å². The fourth-order valence-corrected chi connectivity index (χ4v) is 4.08. The molecule has 3 N–H and O–H groups in total. The number of hydrogen-bond donors (Lipinski definition) is 3. The summed E-state index contributed by atoms with van der Waals surface area (Å²) in [6.07, 6.45) is -1.42. The second kappa shape index (κ2) is 8.94. The molecule has 0 aliphatic carbocycles. The number of amides is 1. The zero-order valence-corrected chi connectivity index (χ0v) is 18.4. The summed E-state index contributed by atoms with van der Waals surface area (Å²) in [5.41, 5.74) is -0.0507. The van der Waals surface area contributed by atoms with E-state index in [4.69, 9.17) is 4.74 Å². The minimum Gasteiger partial charge on any atom is -0.453 e. The van der Waals surface area contributed by atoms with E-state index in [-0.39, 0.29) is 23.2 Å². The number of halogens is 4. The van der Waals surface area contributed by atoms with Crippen molar-refractivity contribution in [2.45, 2.75) is 25.1 Å². The number of H-pyrrole nitrogens is 1. The summed E-state index contributed by atoms with van der Waals surface area (Å²) in [5.74, 6) is 0.0980. The van der Waals surface area contributed by atoms with Crippen molar-refractivity contribution in [3.63, 3.8) is 0 Å². The molecule has 1 saturated heterocycles. The van der Waals surface area contributed by atoms with Gasteiger partial charge in [0.25, 0.3) is 0 Å². The zero-order chi connectivity index (χ0) is 22.9. The van der Waals surface area contributed by atoms with E-state index in [1.807, 2.05) is 0 Å². The van der Waals surface area contributed by atoms with E-state index in [1.165, 1.54) is 13.3 Å². The molecule has 4 rings (SSSR count). The van der Waals surface area contributed by atoms with Crippen LogP contribution in [-0.2, 0) is 15.7 Å². The third-order valence-corrected chi connectivity index (χ3v) is 5.88. The molecule has 0 unspecified atom stereocenters. The number of carbonyl (C=O) groups excluding carboxylic acids is 1. The van der Waals surface area contributed by atoms with Crippen molar-refractivity contribution in [2.24, 2.45) is 0 Å². The van der Waals surface area contributed by atoms with E-state index in [9.17, 15) is 18.0 Å². The minimum atomic E-state index is -4.64. The molecule has 3 heterocycles. The smallest absolute Gasteiger partial charge is 0.419 e. The standard InChI is InChI=1S/C20H19BrF3N5O3/c1-31-19(30)28-14-5-4-11-12(7-25-17(11)15(14)21)16-13(20(22,23)24)8-26-18(29-16)27-10-3-2-6-32-9-10/h4-5,7-8,10,25H,2-3,6,9H2,1H3,(H,28,30)(H,26,27,29)/t10-/m0/s1. The number of anilines is 2. The molecule has 1 atom stereocenters. The Labute approximate surface area is 189 Å². The number of nitrogens with one attached hydrogen (secondary N) is 3. The lowest BCUT2D eigenvalue weighted by atomic mass is 10.1. The first kappa shape index (κ1) is 22.3. The Bertz CT molecular complexity index is 1150.